The van der Waals surface area contributed by atoms with Gasteiger partial charge in [-0.2, -0.15) is 10.2 Å². The maximum atomic E-state index is 6.01. The van der Waals surface area contributed by atoms with E-state index < -0.39 is 0 Å². The third-order valence-corrected chi connectivity index (χ3v) is 4.04. The van der Waals surface area contributed by atoms with Gasteiger partial charge < -0.3 is 11.5 Å². The van der Waals surface area contributed by atoms with Gasteiger partial charge in [-0.15, -0.1) is 10.2 Å². The van der Waals surface area contributed by atoms with Crippen LogP contribution in [0.4, 0.5) is 0 Å². The standard InChI is InChI=1S/C16H12Cl4N6/c17-11-3-1-9(13(19)5-11)7-23-25-15(21)16(22)26-24-8-10-2-4-12(18)6-14(10)20/h1-8H,(H2,21,25)(H2,22,26)/b23-7-,24-8-. The van der Waals surface area contributed by atoms with Gasteiger partial charge in [0.25, 0.3) is 0 Å². The van der Waals surface area contributed by atoms with Crippen molar-refractivity contribution >= 4 is 70.5 Å². The molecule has 0 atom stereocenters. The van der Waals surface area contributed by atoms with Crippen molar-refractivity contribution in [2.24, 2.45) is 31.9 Å². The summed E-state index contributed by atoms with van der Waals surface area (Å²) in [7, 11) is 0. The molecule has 0 spiro atoms. The molecule has 2 aromatic carbocycles. The van der Waals surface area contributed by atoms with E-state index in [1.807, 2.05) is 0 Å². The van der Waals surface area contributed by atoms with Gasteiger partial charge in [0.15, 0.2) is 11.7 Å². The van der Waals surface area contributed by atoms with Crippen LogP contribution in [0.3, 0.4) is 0 Å². The van der Waals surface area contributed by atoms with E-state index in [2.05, 4.69) is 20.4 Å². The minimum atomic E-state index is -0.106. The Morgan fingerprint density at radius 1 is 0.692 bits per heavy atom. The van der Waals surface area contributed by atoms with Crippen molar-refractivity contribution < 1.29 is 0 Å². The first-order chi connectivity index (χ1) is 12.4. The highest BCUT2D eigenvalue weighted by Gasteiger charge is 2.01. The van der Waals surface area contributed by atoms with Gasteiger partial charge in [0.1, 0.15) is 0 Å². The Hall–Kier alpha value is -2.12. The fourth-order valence-electron chi connectivity index (χ4n) is 1.62. The third kappa shape index (κ3) is 6.00. The van der Waals surface area contributed by atoms with Crippen LogP contribution in [0.15, 0.2) is 56.8 Å². The molecule has 0 aliphatic carbocycles. The molecule has 134 valence electrons. The highest BCUT2D eigenvalue weighted by atomic mass is 35.5. The number of nitrogens with two attached hydrogens (primary N) is 2. The van der Waals surface area contributed by atoms with E-state index in [0.29, 0.717) is 31.2 Å². The Labute approximate surface area is 169 Å². The van der Waals surface area contributed by atoms with E-state index in [1.54, 1.807) is 36.4 Å². The summed E-state index contributed by atoms with van der Waals surface area (Å²) in [6.07, 6.45) is 2.82. The highest BCUT2D eigenvalue weighted by molar-refractivity contribution is 6.39. The van der Waals surface area contributed by atoms with E-state index in [4.69, 9.17) is 57.9 Å². The molecule has 0 saturated carbocycles. The molecule has 0 aliphatic rings. The second-order valence-electron chi connectivity index (χ2n) is 4.79. The molecular weight excluding hydrogens is 418 g/mol. The first-order valence-corrected chi connectivity index (χ1v) is 8.51. The lowest BCUT2D eigenvalue weighted by atomic mass is 10.2. The molecule has 6 nitrogen and oxygen atoms in total. The van der Waals surface area contributed by atoms with E-state index in [1.165, 1.54) is 12.4 Å². The largest absolute Gasteiger partial charge is 0.379 e. The monoisotopic (exact) mass is 428 g/mol. The molecule has 4 N–H and O–H groups in total. The van der Waals surface area contributed by atoms with Crippen molar-refractivity contribution in [1.82, 2.24) is 0 Å². The zero-order valence-corrected chi connectivity index (χ0v) is 16.1. The second-order valence-corrected chi connectivity index (χ2v) is 6.48. The van der Waals surface area contributed by atoms with Crippen LogP contribution in [0.5, 0.6) is 0 Å². The molecule has 2 aromatic rings. The van der Waals surface area contributed by atoms with Gasteiger partial charge in [0.05, 0.1) is 22.5 Å². The molecule has 10 heteroatoms. The molecular formula is C16H12Cl4N6. The van der Waals surface area contributed by atoms with Crippen molar-refractivity contribution in [3.63, 3.8) is 0 Å². The van der Waals surface area contributed by atoms with Crippen molar-refractivity contribution in [3.05, 3.63) is 67.6 Å². The van der Waals surface area contributed by atoms with Crippen molar-refractivity contribution in [3.8, 4) is 0 Å². The second kappa shape index (κ2) is 9.54. The summed E-state index contributed by atoms with van der Waals surface area (Å²) in [5.41, 5.74) is 12.6. The van der Waals surface area contributed by atoms with E-state index in [-0.39, 0.29) is 11.7 Å². The lowest BCUT2D eigenvalue weighted by molar-refractivity contribution is 1.21. The topological polar surface area (TPSA) is 101 Å². The molecule has 0 heterocycles. The molecule has 26 heavy (non-hydrogen) atoms. The number of rotatable bonds is 4. The zero-order chi connectivity index (χ0) is 19.1. The predicted octanol–water partition coefficient (Wildman–Crippen LogP) is 4.38. The summed E-state index contributed by atoms with van der Waals surface area (Å²) >= 11 is 23.7. The summed E-state index contributed by atoms with van der Waals surface area (Å²) < 4.78 is 0. The number of amidine groups is 2. The summed E-state index contributed by atoms with van der Waals surface area (Å²) in [5.74, 6) is -0.212. The van der Waals surface area contributed by atoms with Crippen LogP contribution in [0.2, 0.25) is 20.1 Å². The fraction of sp³-hybridized carbons (Fsp3) is 0. The van der Waals surface area contributed by atoms with Crippen LogP contribution < -0.4 is 11.5 Å². The first-order valence-electron chi connectivity index (χ1n) is 7.00. The Kier molecular flexibility index (Phi) is 7.41. The Morgan fingerprint density at radius 3 is 1.42 bits per heavy atom. The van der Waals surface area contributed by atoms with Crippen molar-refractivity contribution in [2.75, 3.05) is 0 Å². The van der Waals surface area contributed by atoms with Gasteiger partial charge in [0.2, 0.25) is 0 Å². The summed E-state index contributed by atoms with van der Waals surface area (Å²) in [6.45, 7) is 0. The summed E-state index contributed by atoms with van der Waals surface area (Å²) in [4.78, 5) is 0. The van der Waals surface area contributed by atoms with Gasteiger partial charge in [-0.1, -0.05) is 58.5 Å². The lowest BCUT2D eigenvalue weighted by Gasteiger charge is -1.98. The van der Waals surface area contributed by atoms with E-state index in [0.717, 1.165) is 0 Å². The normalized spacial score (nSPS) is 13.1. The SMILES string of the molecule is NC(=N\N=C/c1ccc(Cl)cc1Cl)/C(N)=N\N=C/c1ccc(Cl)cc1Cl. The predicted molar refractivity (Wildman–Crippen MR) is 111 cm³/mol. The number of benzene rings is 2. The quantitative estimate of drug-likeness (QED) is 0.427. The van der Waals surface area contributed by atoms with Crippen LogP contribution in [0.25, 0.3) is 0 Å². The minimum Gasteiger partial charge on any atom is -0.379 e. The molecule has 0 aliphatic heterocycles. The number of hydrogen-bond donors (Lipinski definition) is 2. The number of nitrogens with zero attached hydrogens (tertiary/aromatic N) is 4. The molecule has 0 aromatic heterocycles. The smallest absolute Gasteiger partial charge is 0.190 e. The Morgan fingerprint density at radius 2 is 1.08 bits per heavy atom. The van der Waals surface area contributed by atoms with Gasteiger partial charge in [-0.05, 0) is 24.3 Å². The molecule has 0 unspecified atom stereocenters. The minimum absolute atomic E-state index is 0.106. The van der Waals surface area contributed by atoms with Gasteiger partial charge >= 0.3 is 0 Å². The number of hydrogen-bond acceptors (Lipinski definition) is 4. The molecule has 0 radical (unpaired) electrons. The third-order valence-electron chi connectivity index (χ3n) is 2.91. The van der Waals surface area contributed by atoms with Crippen LogP contribution in [0.1, 0.15) is 11.1 Å². The first kappa shape index (κ1) is 20.2. The molecule has 0 amide bonds. The van der Waals surface area contributed by atoms with Crippen LogP contribution in [-0.2, 0) is 0 Å². The van der Waals surface area contributed by atoms with E-state index >= 15 is 0 Å². The summed E-state index contributed by atoms with van der Waals surface area (Å²) in [6, 6.07) is 9.91. The van der Waals surface area contributed by atoms with Crippen LogP contribution in [0, 0.1) is 0 Å². The average Bonchev–Trinajstić information content (AvgIpc) is 2.58. The fourth-order valence-corrected chi connectivity index (χ4v) is 2.54. The van der Waals surface area contributed by atoms with Crippen LogP contribution in [-0.4, -0.2) is 24.1 Å². The van der Waals surface area contributed by atoms with E-state index in [9.17, 15) is 0 Å². The maximum absolute atomic E-state index is 6.01. The van der Waals surface area contributed by atoms with Crippen LogP contribution >= 0.6 is 46.4 Å². The lowest BCUT2D eigenvalue weighted by Crippen LogP contribution is -2.30. The average molecular weight is 430 g/mol. The van der Waals surface area contributed by atoms with Crippen molar-refractivity contribution in [1.29, 1.82) is 0 Å². The Bertz CT molecular complexity index is 845. The number of halogens is 4. The van der Waals surface area contributed by atoms with Gasteiger partial charge in [0, 0.05) is 21.2 Å². The molecule has 0 bridgehead atoms. The van der Waals surface area contributed by atoms with Gasteiger partial charge in [-0.25, -0.2) is 0 Å². The molecule has 0 saturated heterocycles. The summed E-state index contributed by atoms with van der Waals surface area (Å²) in [5, 5.41) is 17.0. The molecule has 0 fully saturated rings. The zero-order valence-electron chi connectivity index (χ0n) is 13.1. The van der Waals surface area contributed by atoms with Gasteiger partial charge in [-0.3, -0.25) is 0 Å². The highest BCUT2D eigenvalue weighted by Crippen LogP contribution is 2.20. The van der Waals surface area contributed by atoms with Crippen molar-refractivity contribution in [2.45, 2.75) is 0 Å². The maximum Gasteiger partial charge on any atom is 0.190 e. The molecule has 2 rings (SSSR count). The Balaban J connectivity index is 2.06.